The van der Waals surface area contributed by atoms with Crippen LogP contribution in [-0.4, -0.2) is 19.6 Å². The van der Waals surface area contributed by atoms with Gasteiger partial charge < -0.3 is 10.6 Å². The highest BCUT2D eigenvalue weighted by Gasteiger charge is 2.40. The van der Waals surface area contributed by atoms with Crippen LogP contribution in [0.1, 0.15) is 50.5 Å². The first-order valence-corrected chi connectivity index (χ1v) is 7.86. The third kappa shape index (κ3) is 2.94. The molecular weight excluding hydrogens is 232 g/mol. The van der Waals surface area contributed by atoms with Gasteiger partial charge in [0, 0.05) is 31.2 Å². The molecular formula is C17H26N2. The van der Waals surface area contributed by atoms with Crippen molar-refractivity contribution in [1.82, 2.24) is 5.32 Å². The highest BCUT2D eigenvalue weighted by atomic mass is 14.9. The second-order valence-electron chi connectivity index (χ2n) is 6.38. The Labute approximate surface area is 117 Å². The Morgan fingerprint density at radius 2 is 2.16 bits per heavy atom. The Kier molecular flexibility index (Phi) is 3.79. The van der Waals surface area contributed by atoms with Gasteiger partial charge in [-0.05, 0) is 42.7 Å². The molecule has 0 aromatic heterocycles. The minimum absolute atomic E-state index is 0.668. The van der Waals surface area contributed by atoms with Crippen LogP contribution in [0.2, 0.25) is 0 Å². The molecule has 3 rings (SSSR count). The fourth-order valence-electron chi connectivity index (χ4n) is 3.50. The van der Waals surface area contributed by atoms with Gasteiger partial charge in [0.25, 0.3) is 0 Å². The predicted molar refractivity (Wildman–Crippen MR) is 81.7 cm³/mol. The van der Waals surface area contributed by atoms with Crippen molar-refractivity contribution in [3.63, 3.8) is 0 Å². The highest BCUT2D eigenvalue weighted by molar-refractivity contribution is 5.54. The van der Waals surface area contributed by atoms with Crippen LogP contribution in [-0.2, 0) is 0 Å². The first kappa shape index (κ1) is 13.0. The van der Waals surface area contributed by atoms with Crippen molar-refractivity contribution in [2.24, 2.45) is 5.41 Å². The second kappa shape index (κ2) is 5.54. The summed E-state index contributed by atoms with van der Waals surface area (Å²) >= 11 is 0. The molecule has 1 aliphatic carbocycles. The molecule has 1 aromatic carbocycles. The van der Waals surface area contributed by atoms with Gasteiger partial charge in [-0.25, -0.2) is 0 Å². The van der Waals surface area contributed by atoms with Gasteiger partial charge in [0.05, 0.1) is 0 Å². The van der Waals surface area contributed by atoms with Crippen LogP contribution in [0, 0.1) is 5.41 Å². The smallest absolute Gasteiger partial charge is 0.0376 e. The first-order valence-electron chi connectivity index (χ1n) is 7.86. The van der Waals surface area contributed by atoms with Crippen molar-refractivity contribution in [3.8, 4) is 0 Å². The molecule has 1 aromatic rings. The SMILES string of the molecule is CCCC1(CNCC2CCNc3ccccc32)CC1. The van der Waals surface area contributed by atoms with E-state index in [1.165, 1.54) is 49.9 Å². The number of benzene rings is 1. The topological polar surface area (TPSA) is 24.1 Å². The number of rotatable bonds is 6. The number of hydrogen-bond acceptors (Lipinski definition) is 2. The van der Waals surface area contributed by atoms with Crippen molar-refractivity contribution >= 4 is 5.69 Å². The second-order valence-corrected chi connectivity index (χ2v) is 6.38. The lowest BCUT2D eigenvalue weighted by Gasteiger charge is -2.27. The molecule has 1 unspecified atom stereocenters. The third-order valence-corrected chi connectivity index (χ3v) is 4.84. The summed E-state index contributed by atoms with van der Waals surface area (Å²) in [5.41, 5.74) is 3.51. The molecule has 2 heteroatoms. The molecule has 2 nitrogen and oxygen atoms in total. The highest BCUT2D eigenvalue weighted by Crippen LogP contribution is 2.49. The summed E-state index contributed by atoms with van der Waals surface area (Å²) < 4.78 is 0. The van der Waals surface area contributed by atoms with E-state index in [0.29, 0.717) is 11.3 Å². The van der Waals surface area contributed by atoms with Crippen molar-refractivity contribution in [2.75, 3.05) is 25.0 Å². The number of para-hydroxylation sites is 1. The van der Waals surface area contributed by atoms with Gasteiger partial charge in [-0.1, -0.05) is 31.5 Å². The summed E-state index contributed by atoms with van der Waals surface area (Å²) in [6, 6.07) is 8.79. The van der Waals surface area contributed by atoms with E-state index in [1.54, 1.807) is 0 Å². The molecule has 0 bridgehead atoms. The molecule has 0 radical (unpaired) electrons. The Morgan fingerprint density at radius 3 is 2.95 bits per heavy atom. The molecule has 104 valence electrons. The Morgan fingerprint density at radius 1 is 1.32 bits per heavy atom. The Bertz CT molecular complexity index is 423. The number of hydrogen-bond donors (Lipinski definition) is 2. The molecule has 0 saturated heterocycles. The van der Waals surface area contributed by atoms with Gasteiger partial charge >= 0.3 is 0 Å². The molecule has 0 amide bonds. The quantitative estimate of drug-likeness (QED) is 0.812. The van der Waals surface area contributed by atoms with Crippen LogP contribution in [0.4, 0.5) is 5.69 Å². The van der Waals surface area contributed by atoms with Gasteiger partial charge in [0.15, 0.2) is 0 Å². The number of fused-ring (bicyclic) bond motifs is 1. The molecule has 0 spiro atoms. The summed E-state index contributed by atoms with van der Waals surface area (Å²) in [4.78, 5) is 0. The van der Waals surface area contributed by atoms with E-state index in [0.717, 1.165) is 13.1 Å². The van der Waals surface area contributed by atoms with Gasteiger partial charge in [0.1, 0.15) is 0 Å². The van der Waals surface area contributed by atoms with Gasteiger partial charge in [-0.3, -0.25) is 0 Å². The lowest BCUT2D eigenvalue weighted by molar-refractivity contribution is 0.408. The zero-order valence-electron chi connectivity index (χ0n) is 12.0. The van der Waals surface area contributed by atoms with E-state index < -0.39 is 0 Å². The normalized spacial score (nSPS) is 23.5. The zero-order valence-corrected chi connectivity index (χ0v) is 12.0. The predicted octanol–water partition coefficient (Wildman–Crippen LogP) is 3.76. The monoisotopic (exact) mass is 258 g/mol. The standard InChI is InChI=1S/C17H26N2/c1-2-8-17(9-10-17)13-18-12-14-7-11-19-16-6-4-3-5-15(14)16/h3-6,14,18-19H,2,7-13H2,1H3. The van der Waals surface area contributed by atoms with Crippen molar-refractivity contribution in [3.05, 3.63) is 29.8 Å². The summed E-state index contributed by atoms with van der Waals surface area (Å²) in [5, 5.41) is 7.26. The lowest BCUT2D eigenvalue weighted by atomic mass is 9.90. The minimum atomic E-state index is 0.668. The number of anilines is 1. The summed E-state index contributed by atoms with van der Waals surface area (Å²) in [7, 11) is 0. The fourth-order valence-corrected chi connectivity index (χ4v) is 3.50. The molecule has 2 N–H and O–H groups in total. The van der Waals surface area contributed by atoms with Crippen LogP contribution < -0.4 is 10.6 Å². The van der Waals surface area contributed by atoms with E-state index in [-0.39, 0.29) is 0 Å². The first-order chi connectivity index (χ1) is 9.33. The van der Waals surface area contributed by atoms with E-state index in [2.05, 4.69) is 41.8 Å². The van der Waals surface area contributed by atoms with Crippen LogP contribution in [0.5, 0.6) is 0 Å². The van der Waals surface area contributed by atoms with Crippen LogP contribution in [0.3, 0.4) is 0 Å². The minimum Gasteiger partial charge on any atom is -0.385 e. The third-order valence-electron chi connectivity index (χ3n) is 4.84. The maximum atomic E-state index is 3.76. The van der Waals surface area contributed by atoms with Gasteiger partial charge in [-0.15, -0.1) is 0 Å². The molecule has 1 fully saturated rings. The average Bonchev–Trinajstić information content (AvgIpc) is 3.19. The van der Waals surface area contributed by atoms with Crippen LogP contribution >= 0.6 is 0 Å². The van der Waals surface area contributed by atoms with Gasteiger partial charge in [0.2, 0.25) is 0 Å². The molecule has 2 aliphatic rings. The van der Waals surface area contributed by atoms with Gasteiger partial charge in [-0.2, -0.15) is 0 Å². The maximum Gasteiger partial charge on any atom is 0.0376 e. The Hall–Kier alpha value is -1.02. The van der Waals surface area contributed by atoms with E-state index in [1.807, 2.05) is 0 Å². The zero-order chi connectivity index (χ0) is 13.1. The molecule has 19 heavy (non-hydrogen) atoms. The van der Waals surface area contributed by atoms with E-state index >= 15 is 0 Å². The summed E-state index contributed by atoms with van der Waals surface area (Å²) in [6.07, 6.45) is 6.87. The maximum absolute atomic E-state index is 3.76. The van der Waals surface area contributed by atoms with Crippen LogP contribution in [0.25, 0.3) is 0 Å². The molecule has 1 heterocycles. The van der Waals surface area contributed by atoms with E-state index in [4.69, 9.17) is 0 Å². The van der Waals surface area contributed by atoms with Crippen molar-refractivity contribution in [2.45, 2.75) is 44.9 Å². The largest absolute Gasteiger partial charge is 0.385 e. The van der Waals surface area contributed by atoms with Crippen molar-refractivity contribution < 1.29 is 0 Å². The summed E-state index contributed by atoms with van der Waals surface area (Å²) in [6.45, 7) is 5.80. The summed E-state index contributed by atoms with van der Waals surface area (Å²) in [5.74, 6) is 0.690. The fraction of sp³-hybridized carbons (Fsp3) is 0.647. The van der Waals surface area contributed by atoms with Crippen LogP contribution in [0.15, 0.2) is 24.3 Å². The molecule has 1 atom stereocenters. The Balaban J connectivity index is 1.54. The van der Waals surface area contributed by atoms with Crippen molar-refractivity contribution in [1.29, 1.82) is 0 Å². The average molecular weight is 258 g/mol. The molecule has 1 saturated carbocycles. The van der Waals surface area contributed by atoms with E-state index in [9.17, 15) is 0 Å². The lowest BCUT2D eigenvalue weighted by Crippen LogP contribution is -2.31. The number of nitrogens with one attached hydrogen (secondary N) is 2. The molecule has 1 aliphatic heterocycles.